The van der Waals surface area contributed by atoms with Gasteiger partial charge in [-0.05, 0) is 25.1 Å². The molecule has 3 aromatic heterocycles. The molecule has 0 aliphatic heterocycles. The molecular formula is C19H21N5O3S. The second-order valence-corrected chi connectivity index (χ2v) is 7.73. The number of methoxy groups -OCH3 is 1. The van der Waals surface area contributed by atoms with Crippen molar-refractivity contribution in [3.8, 4) is 5.75 Å². The molecule has 0 aliphatic carbocycles. The van der Waals surface area contributed by atoms with Crippen LogP contribution < -0.4 is 4.74 Å². The third-order valence-corrected chi connectivity index (χ3v) is 5.67. The molecule has 0 saturated heterocycles. The molecule has 2 N–H and O–H groups in total. The van der Waals surface area contributed by atoms with Gasteiger partial charge < -0.3 is 19.4 Å². The van der Waals surface area contributed by atoms with Crippen LogP contribution in [0.25, 0.3) is 22.1 Å². The highest BCUT2D eigenvalue weighted by molar-refractivity contribution is 7.84. The van der Waals surface area contributed by atoms with Crippen LogP contribution >= 0.6 is 0 Å². The normalized spacial score (nSPS) is 12.6. The number of aromatic nitrogens is 5. The van der Waals surface area contributed by atoms with Crippen LogP contribution in [0.5, 0.6) is 5.75 Å². The van der Waals surface area contributed by atoms with Crippen molar-refractivity contribution >= 4 is 32.9 Å². The first-order valence-corrected chi connectivity index (χ1v) is 10.3. The molecule has 0 amide bonds. The van der Waals surface area contributed by atoms with E-state index in [0.29, 0.717) is 23.9 Å². The number of aromatic amines is 2. The number of nitrogens with one attached hydrogen (secondary N) is 2. The van der Waals surface area contributed by atoms with Crippen LogP contribution in [-0.2, 0) is 21.3 Å². The summed E-state index contributed by atoms with van der Waals surface area (Å²) in [4.78, 5) is 19.4. The average molecular weight is 399 g/mol. The topological polar surface area (TPSA) is 106 Å². The summed E-state index contributed by atoms with van der Waals surface area (Å²) in [5, 5.41) is 0.415. The summed E-state index contributed by atoms with van der Waals surface area (Å²) < 4.78 is 23.7. The van der Waals surface area contributed by atoms with Gasteiger partial charge in [-0.25, -0.2) is 9.97 Å². The zero-order chi connectivity index (χ0) is 19.5. The lowest BCUT2D eigenvalue weighted by molar-refractivity contribution is 0.172. The first-order chi connectivity index (χ1) is 13.7. The number of hydrogen-bond acceptors (Lipinski definition) is 6. The van der Waals surface area contributed by atoms with Gasteiger partial charge in [0.1, 0.15) is 16.8 Å². The predicted octanol–water partition coefficient (Wildman–Crippen LogP) is 2.87. The van der Waals surface area contributed by atoms with Gasteiger partial charge in [0.05, 0.1) is 46.2 Å². The van der Waals surface area contributed by atoms with Gasteiger partial charge in [-0.15, -0.1) is 0 Å². The van der Waals surface area contributed by atoms with Crippen LogP contribution in [0.4, 0.5) is 0 Å². The van der Waals surface area contributed by atoms with E-state index in [1.54, 1.807) is 19.6 Å². The molecule has 0 spiro atoms. The standard InChI is InChI=1S/C19H21N5O3S/c1-12-15(20-7-6-16(12)27-9-3-8-26-2)10-28(25)19-23-14-5-4-13-17(18(14)24-19)22-11-21-13/h4-7,11H,3,8-10H2,1-2H3,(H,21,22)(H,23,24). The number of hydrogen-bond donors (Lipinski definition) is 2. The van der Waals surface area contributed by atoms with Gasteiger partial charge in [0.25, 0.3) is 0 Å². The zero-order valence-corrected chi connectivity index (χ0v) is 16.5. The molecule has 0 bridgehead atoms. The average Bonchev–Trinajstić information content (AvgIpc) is 3.34. The lowest BCUT2D eigenvalue weighted by atomic mass is 10.2. The fraction of sp³-hybridized carbons (Fsp3) is 0.316. The van der Waals surface area contributed by atoms with Crippen LogP contribution in [0.3, 0.4) is 0 Å². The van der Waals surface area contributed by atoms with Crippen LogP contribution in [-0.4, -0.2) is 49.5 Å². The number of imidazole rings is 2. The molecule has 4 aromatic rings. The fourth-order valence-electron chi connectivity index (χ4n) is 3.00. The van der Waals surface area contributed by atoms with Gasteiger partial charge in [0, 0.05) is 31.9 Å². The number of fused-ring (bicyclic) bond motifs is 3. The minimum absolute atomic E-state index is 0.255. The number of H-pyrrole nitrogens is 2. The molecule has 3 heterocycles. The monoisotopic (exact) mass is 399 g/mol. The van der Waals surface area contributed by atoms with Crippen LogP contribution in [0.2, 0.25) is 0 Å². The molecule has 4 rings (SSSR count). The van der Waals surface area contributed by atoms with Crippen molar-refractivity contribution in [2.24, 2.45) is 0 Å². The summed E-state index contributed by atoms with van der Waals surface area (Å²) in [6.45, 7) is 3.14. The maximum Gasteiger partial charge on any atom is 0.197 e. The van der Waals surface area contributed by atoms with E-state index in [1.165, 1.54) is 0 Å². The smallest absolute Gasteiger partial charge is 0.197 e. The van der Waals surface area contributed by atoms with E-state index >= 15 is 0 Å². The van der Waals surface area contributed by atoms with Gasteiger partial charge in [-0.2, -0.15) is 0 Å². The molecule has 0 aliphatic rings. The second-order valence-electron chi connectivity index (χ2n) is 6.37. The van der Waals surface area contributed by atoms with Gasteiger partial charge in [-0.1, -0.05) is 0 Å². The van der Waals surface area contributed by atoms with E-state index in [9.17, 15) is 4.21 Å². The van der Waals surface area contributed by atoms with Crippen molar-refractivity contribution < 1.29 is 13.7 Å². The van der Waals surface area contributed by atoms with E-state index in [4.69, 9.17) is 9.47 Å². The predicted molar refractivity (Wildman–Crippen MR) is 107 cm³/mol. The number of ether oxygens (including phenoxy) is 2. The Bertz CT molecular complexity index is 1140. The van der Waals surface area contributed by atoms with E-state index in [-0.39, 0.29) is 5.75 Å². The summed E-state index contributed by atoms with van der Waals surface area (Å²) in [6, 6.07) is 5.65. The molecule has 1 atom stereocenters. The minimum Gasteiger partial charge on any atom is -0.493 e. The van der Waals surface area contributed by atoms with E-state index in [0.717, 1.165) is 40.0 Å². The van der Waals surface area contributed by atoms with Gasteiger partial charge in [0.15, 0.2) is 5.16 Å². The van der Waals surface area contributed by atoms with Crippen molar-refractivity contribution in [1.82, 2.24) is 24.9 Å². The van der Waals surface area contributed by atoms with Crippen molar-refractivity contribution in [3.05, 3.63) is 42.0 Å². The fourth-order valence-corrected chi connectivity index (χ4v) is 4.09. The molecule has 1 aromatic carbocycles. The SMILES string of the molecule is COCCCOc1ccnc(CS(=O)c2nc3c(ccc4[nH]cnc43)[nH]2)c1C. The van der Waals surface area contributed by atoms with Crippen LogP contribution in [0.15, 0.2) is 35.9 Å². The van der Waals surface area contributed by atoms with Crippen molar-refractivity contribution in [3.63, 3.8) is 0 Å². The lowest BCUT2D eigenvalue weighted by Crippen LogP contribution is -2.06. The largest absolute Gasteiger partial charge is 0.493 e. The van der Waals surface area contributed by atoms with Crippen molar-refractivity contribution in [1.29, 1.82) is 0 Å². The molecule has 0 saturated carbocycles. The quantitative estimate of drug-likeness (QED) is 0.441. The minimum atomic E-state index is -1.37. The summed E-state index contributed by atoms with van der Waals surface area (Å²) in [7, 11) is 0.299. The zero-order valence-electron chi connectivity index (χ0n) is 15.7. The molecule has 28 heavy (non-hydrogen) atoms. The third-order valence-electron chi connectivity index (χ3n) is 4.51. The van der Waals surface area contributed by atoms with Gasteiger partial charge in [-0.3, -0.25) is 9.19 Å². The molecule has 146 valence electrons. The van der Waals surface area contributed by atoms with Crippen molar-refractivity contribution in [2.45, 2.75) is 24.3 Å². The molecule has 0 radical (unpaired) electrons. The summed E-state index contributed by atoms with van der Waals surface area (Å²) >= 11 is 0. The number of rotatable bonds is 8. The summed E-state index contributed by atoms with van der Waals surface area (Å²) in [6.07, 6.45) is 4.11. The Balaban J connectivity index is 1.54. The molecule has 9 heteroatoms. The highest BCUT2D eigenvalue weighted by atomic mass is 32.2. The Morgan fingerprint density at radius 2 is 1.96 bits per heavy atom. The first-order valence-electron chi connectivity index (χ1n) is 8.93. The van der Waals surface area contributed by atoms with Crippen LogP contribution in [0, 0.1) is 6.92 Å². The third kappa shape index (κ3) is 3.63. The van der Waals surface area contributed by atoms with E-state index < -0.39 is 10.8 Å². The molecule has 1 unspecified atom stereocenters. The number of nitrogens with zero attached hydrogens (tertiary/aromatic N) is 3. The second kappa shape index (κ2) is 8.07. The Kier molecular flexibility index (Phi) is 5.36. The summed E-state index contributed by atoms with van der Waals surface area (Å²) in [5.41, 5.74) is 4.79. The molecule has 0 fully saturated rings. The maximum absolute atomic E-state index is 12.9. The lowest BCUT2D eigenvalue weighted by Gasteiger charge is -2.11. The Hall–Kier alpha value is -2.78. The Morgan fingerprint density at radius 1 is 1.11 bits per heavy atom. The van der Waals surface area contributed by atoms with Crippen LogP contribution in [0.1, 0.15) is 17.7 Å². The number of benzene rings is 1. The van der Waals surface area contributed by atoms with E-state index in [1.807, 2.05) is 25.1 Å². The molecular weight excluding hydrogens is 378 g/mol. The van der Waals surface area contributed by atoms with Crippen molar-refractivity contribution in [2.75, 3.05) is 20.3 Å². The Labute approximate surface area is 164 Å². The highest BCUT2D eigenvalue weighted by Gasteiger charge is 2.16. The van der Waals surface area contributed by atoms with E-state index in [2.05, 4.69) is 24.9 Å². The van der Waals surface area contributed by atoms with Gasteiger partial charge >= 0.3 is 0 Å². The Morgan fingerprint density at radius 3 is 2.82 bits per heavy atom. The number of pyridine rings is 1. The molecule has 8 nitrogen and oxygen atoms in total. The first kappa shape index (κ1) is 18.6. The van der Waals surface area contributed by atoms with Gasteiger partial charge in [0.2, 0.25) is 0 Å². The highest BCUT2D eigenvalue weighted by Crippen LogP contribution is 2.24. The maximum atomic E-state index is 12.9. The summed E-state index contributed by atoms with van der Waals surface area (Å²) in [5.74, 6) is 1.01.